The Morgan fingerprint density at radius 3 is 2.56 bits per heavy atom. The summed E-state index contributed by atoms with van der Waals surface area (Å²) in [5.74, 6) is 0.606. The Kier molecular flexibility index (Phi) is 3.06. The third kappa shape index (κ3) is 2.26. The van der Waals surface area contributed by atoms with E-state index in [1.165, 1.54) is 0 Å². The van der Waals surface area contributed by atoms with E-state index >= 15 is 0 Å². The van der Waals surface area contributed by atoms with Crippen LogP contribution in [0.2, 0.25) is 18.1 Å². The van der Waals surface area contributed by atoms with Crippen molar-refractivity contribution >= 4 is 8.32 Å². The zero-order valence-corrected chi connectivity index (χ0v) is 12.1. The van der Waals surface area contributed by atoms with Crippen LogP contribution in [0.15, 0.2) is 12.2 Å². The first-order valence-electron chi connectivity index (χ1n) is 6.29. The molecule has 2 nitrogen and oxygen atoms in total. The molecule has 1 aliphatic carbocycles. The highest BCUT2D eigenvalue weighted by Crippen LogP contribution is 2.41. The molecule has 92 valence electrons. The van der Waals surface area contributed by atoms with E-state index in [9.17, 15) is 0 Å². The highest BCUT2D eigenvalue weighted by Gasteiger charge is 2.43. The van der Waals surface area contributed by atoms with Crippen molar-refractivity contribution in [3.63, 3.8) is 0 Å². The molecule has 1 heterocycles. The van der Waals surface area contributed by atoms with Crippen molar-refractivity contribution < 1.29 is 9.16 Å². The van der Waals surface area contributed by atoms with E-state index in [-0.39, 0.29) is 11.3 Å². The van der Waals surface area contributed by atoms with Crippen LogP contribution in [0.4, 0.5) is 0 Å². The molecule has 0 N–H and O–H groups in total. The Hall–Kier alpha value is -0.123. The van der Waals surface area contributed by atoms with Gasteiger partial charge in [0.2, 0.25) is 0 Å². The molecule has 2 aliphatic rings. The Labute approximate surface area is 100 Å². The summed E-state index contributed by atoms with van der Waals surface area (Å²) in [7, 11) is -1.67. The van der Waals surface area contributed by atoms with Crippen LogP contribution < -0.4 is 0 Å². The first-order chi connectivity index (χ1) is 7.29. The van der Waals surface area contributed by atoms with Gasteiger partial charge < -0.3 is 9.16 Å². The predicted molar refractivity (Wildman–Crippen MR) is 68.8 cm³/mol. The summed E-state index contributed by atoms with van der Waals surface area (Å²) in [4.78, 5) is 0. The van der Waals surface area contributed by atoms with E-state index in [0.29, 0.717) is 12.0 Å². The van der Waals surface area contributed by atoms with E-state index < -0.39 is 8.32 Å². The van der Waals surface area contributed by atoms with Crippen LogP contribution >= 0.6 is 0 Å². The quantitative estimate of drug-likeness (QED) is 0.541. The van der Waals surface area contributed by atoms with Crippen molar-refractivity contribution in [2.75, 3.05) is 0 Å². The van der Waals surface area contributed by atoms with Crippen LogP contribution in [0.1, 0.15) is 33.6 Å². The van der Waals surface area contributed by atoms with Crippen LogP contribution in [0.3, 0.4) is 0 Å². The summed E-state index contributed by atoms with van der Waals surface area (Å²) in [6.45, 7) is 11.4. The average molecular weight is 240 g/mol. The SMILES string of the molecule is CC(C)(C)[Si](C)(C)OC1C[C@@H]2C=CC[C@@H]2O1. The van der Waals surface area contributed by atoms with Gasteiger partial charge in [0.25, 0.3) is 0 Å². The molecule has 1 aliphatic heterocycles. The van der Waals surface area contributed by atoms with Gasteiger partial charge in [-0.25, -0.2) is 0 Å². The largest absolute Gasteiger partial charge is 0.392 e. The summed E-state index contributed by atoms with van der Waals surface area (Å²) in [5.41, 5.74) is 0. The average Bonchev–Trinajstić information content (AvgIpc) is 2.59. The smallest absolute Gasteiger partial charge is 0.195 e. The zero-order chi connectivity index (χ0) is 12.0. The van der Waals surface area contributed by atoms with Gasteiger partial charge in [-0.15, -0.1) is 0 Å². The van der Waals surface area contributed by atoms with Crippen molar-refractivity contribution in [2.45, 2.75) is 64.1 Å². The van der Waals surface area contributed by atoms with E-state index in [1.54, 1.807) is 0 Å². The number of ether oxygens (including phenoxy) is 1. The molecule has 0 aromatic heterocycles. The van der Waals surface area contributed by atoms with Gasteiger partial charge in [-0.3, -0.25) is 0 Å². The van der Waals surface area contributed by atoms with E-state index in [0.717, 1.165) is 12.8 Å². The molecule has 0 bridgehead atoms. The lowest BCUT2D eigenvalue weighted by Gasteiger charge is -2.38. The molecule has 0 aromatic rings. The molecular formula is C13H24O2Si. The molecule has 0 saturated carbocycles. The van der Waals surface area contributed by atoms with Crippen LogP contribution in [-0.4, -0.2) is 20.7 Å². The number of fused-ring (bicyclic) bond motifs is 1. The van der Waals surface area contributed by atoms with Crippen molar-refractivity contribution in [3.05, 3.63) is 12.2 Å². The second-order valence-corrected chi connectivity index (χ2v) is 11.3. The molecule has 3 atom stereocenters. The Bertz CT molecular complexity index is 291. The van der Waals surface area contributed by atoms with Gasteiger partial charge in [-0.05, 0) is 24.6 Å². The number of hydrogen-bond donors (Lipinski definition) is 0. The molecule has 3 heteroatoms. The Morgan fingerprint density at radius 1 is 1.31 bits per heavy atom. The van der Waals surface area contributed by atoms with Gasteiger partial charge in [-0.1, -0.05) is 32.9 Å². The van der Waals surface area contributed by atoms with Crippen LogP contribution in [0.25, 0.3) is 0 Å². The van der Waals surface area contributed by atoms with Gasteiger partial charge in [0.15, 0.2) is 8.32 Å². The molecule has 1 unspecified atom stereocenters. The lowest BCUT2D eigenvalue weighted by molar-refractivity contribution is -0.0796. The maximum Gasteiger partial charge on any atom is 0.195 e. The summed E-state index contributed by atoms with van der Waals surface area (Å²) >= 11 is 0. The Morgan fingerprint density at radius 2 is 2.00 bits per heavy atom. The molecule has 0 amide bonds. The fourth-order valence-corrected chi connectivity index (χ4v) is 3.29. The lowest BCUT2D eigenvalue weighted by atomic mass is 10.1. The van der Waals surface area contributed by atoms with Crippen LogP contribution in [-0.2, 0) is 9.16 Å². The fourth-order valence-electron chi connectivity index (χ4n) is 2.13. The minimum Gasteiger partial charge on any atom is -0.392 e. The maximum absolute atomic E-state index is 6.28. The molecule has 0 spiro atoms. The van der Waals surface area contributed by atoms with E-state index in [1.807, 2.05) is 0 Å². The zero-order valence-electron chi connectivity index (χ0n) is 11.1. The van der Waals surface area contributed by atoms with Crippen molar-refractivity contribution in [1.82, 2.24) is 0 Å². The summed E-state index contributed by atoms with van der Waals surface area (Å²) in [6, 6.07) is 0. The van der Waals surface area contributed by atoms with Gasteiger partial charge in [-0.2, -0.15) is 0 Å². The third-order valence-corrected chi connectivity index (χ3v) is 8.72. The highest BCUT2D eigenvalue weighted by atomic mass is 28.4. The molecule has 16 heavy (non-hydrogen) atoms. The van der Waals surface area contributed by atoms with Gasteiger partial charge in [0, 0.05) is 12.3 Å². The summed E-state index contributed by atoms with van der Waals surface area (Å²) in [5, 5.41) is 0.268. The van der Waals surface area contributed by atoms with Crippen molar-refractivity contribution in [1.29, 1.82) is 0 Å². The fraction of sp³-hybridized carbons (Fsp3) is 0.846. The molecular weight excluding hydrogens is 216 g/mol. The van der Waals surface area contributed by atoms with Gasteiger partial charge in [0.05, 0.1) is 6.10 Å². The Balaban J connectivity index is 1.94. The molecule has 0 aromatic carbocycles. The molecule has 1 saturated heterocycles. The molecule has 0 radical (unpaired) electrons. The number of rotatable bonds is 2. The summed E-state index contributed by atoms with van der Waals surface area (Å²) < 4.78 is 12.2. The third-order valence-electron chi connectivity index (χ3n) is 4.25. The number of hydrogen-bond acceptors (Lipinski definition) is 2. The predicted octanol–water partition coefficient (Wildman–Crippen LogP) is 3.70. The first kappa shape index (κ1) is 12.3. The molecule has 2 rings (SSSR count). The van der Waals surface area contributed by atoms with Crippen LogP contribution in [0.5, 0.6) is 0 Å². The monoisotopic (exact) mass is 240 g/mol. The second-order valence-electron chi connectivity index (χ2n) is 6.55. The minimum atomic E-state index is -1.67. The highest BCUT2D eigenvalue weighted by molar-refractivity contribution is 6.74. The normalized spacial score (nSPS) is 34.4. The van der Waals surface area contributed by atoms with Crippen molar-refractivity contribution in [2.24, 2.45) is 5.92 Å². The van der Waals surface area contributed by atoms with Crippen LogP contribution in [0, 0.1) is 5.92 Å². The van der Waals surface area contributed by atoms with Crippen molar-refractivity contribution in [3.8, 4) is 0 Å². The van der Waals surface area contributed by atoms with Gasteiger partial charge >= 0.3 is 0 Å². The summed E-state index contributed by atoms with van der Waals surface area (Å²) in [6.07, 6.45) is 7.09. The standard InChI is InChI=1S/C13H24O2Si/c1-13(2,3)16(4,5)15-12-9-10-7-6-8-11(10)14-12/h6-7,10-12H,8-9H2,1-5H3/t10-,11-,12?/m0/s1. The van der Waals surface area contributed by atoms with E-state index in [4.69, 9.17) is 9.16 Å². The van der Waals surface area contributed by atoms with E-state index in [2.05, 4.69) is 46.0 Å². The first-order valence-corrected chi connectivity index (χ1v) is 9.20. The molecule has 1 fully saturated rings. The minimum absolute atomic E-state index is 0.0424. The maximum atomic E-state index is 6.28. The lowest BCUT2D eigenvalue weighted by Crippen LogP contribution is -2.44. The topological polar surface area (TPSA) is 18.5 Å². The second kappa shape index (κ2) is 3.97. The van der Waals surface area contributed by atoms with Gasteiger partial charge in [0.1, 0.15) is 6.29 Å².